The van der Waals surface area contributed by atoms with Crippen molar-refractivity contribution >= 4 is 11.0 Å². The predicted molar refractivity (Wildman–Crippen MR) is 69.0 cm³/mol. The fourth-order valence-corrected chi connectivity index (χ4v) is 2.24. The molecule has 0 fully saturated rings. The van der Waals surface area contributed by atoms with E-state index in [0.717, 1.165) is 11.3 Å². The third-order valence-corrected chi connectivity index (χ3v) is 2.90. The van der Waals surface area contributed by atoms with Gasteiger partial charge in [-0.15, -0.1) is 0 Å². The molecule has 0 saturated heterocycles. The van der Waals surface area contributed by atoms with Crippen molar-refractivity contribution in [2.45, 2.75) is 46.0 Å². The molecule has 0 amide bonds. The van der Waals surface area contributed by atoms with E-state index in [1.165, 1.54) is 10.9 Å². The number of benzene rings is 1. The number of hydrogen-bond acceptors (Lipinski definition) is 1. The second-order valence-electron chi connectivity index (χ2n) is 5.74. The van der Waals surface area contributed by atoms with Crippen LogP contribution in [0.25, 0.3) is 11.0 Å². The van der Waals surface area contributed by atoms with Gasteiger partial charge in [0.05, 0.1) is 0 Å². The van der Waals surface area contributed by atoms with Crippen LogP contribution in [0.2, 0.25) is 0 Å². The normalized spacial score (nSPS) is 12.6. The molecule has 2 rings (SSSR count). The number of furan rings is 1. The van der Waals surface area contributed by atoms with E-state index in [9.17, 15) is 0 Å². The molecule has 1 aromatic heterocycles. The lowest BCUT2D eigenvalue weighted by Gasteiger charge is -2.20. The zero-order chi connectivity index (χ0) is 11.9. The molecule has 0 aliphatic rings. The molecule has 0 radical (unpaired) electrons. The zero-order valence-electron chi connectivity index (χ0n) is 10.8. The van der Waals surface area contributed by atoms with Crippen LogP contribution in [0.5, 0.6) is 0 Å². The summed E-state index contributed by atoms with van der Waals surface area (Å²) in [5.41, 5.74) is 2.50. The molecule has 86 valence electrons. The summed E-state index contributed by atoms with van der Waals surface area (Å²) in [4.78, 5) is 0. The first-order chi connectivity index (χ1) is 7.41. The van der Waals surface area contributed by atoms with Gasteiger partial charge in [0, 0.05) is 16.9 Å². The van der Waals surface area contributed by atoms with Gasteiger partial charge >= 0.3 is 0 Å². The molecule has 0 spiro atoms. The van der Waals surface area contributed by atoms with E-state index < -0.39 is 0 Å². The largest absolute Gasteiger partial charge is 0.460 e. The van der Waals surface area contributed by atoms with Crippen molar-refractivity contribution in [2.24, 2.45) is 0 Å². The predicted octanol–water partition coefficient (Wildman–Crippen LogP) is 4.85. The molecule has 2 aromatic rings. The van der Waals surface area contributed by atoms with E-state index >= 15 is 0 Å². The highest BCUT2D eigenvalue weighted by molar-refractivity contribution is 5.83. The average molecular weight is 216 g/mol. The lowest BCUT2D eigenvalue weighted by atomic mass is 9.83. The average Bonchev–Trinajstić information content (AvgIpc) is 2.55. The first kappa shape index (κ1) is 11.3. The number of hydrogen-bond donors (Lipinski definition) is 0. The van der Waals surface area contributed by atoms with Crippen LogP contribution in [0, 0.1) is 0 Å². The van der Waals surface area contributed by atoms with Gasteiger partial charge in [0.1, 0.15) is 11.3 Å². The Kier molecular flexibility index (Phi) is 2.57. The number of para-hydroxylation sites is 1. The van der Waals surface area contributed by atoms with Crippen molar-refractivity contribution in [1.29, 1.82) is 0 Å². The molecule has 1 heterocycles. The minimum absolute atomic E-state index is 0.131. The Labute approximate surface area is 97.5 Å². The van der Waals surface area contributed by atoms with Crippen molar-refractivity contribution in [3.8, 4) is 0 Å². The third-order valence-electron chi connectivity index (χ3n) is 2.90. The molecule has 1 aromatic carbocycles. The topological polar surface area (TPSA) is 13.1 Å². The monoisotopic (exact) mass is 216 g/mol. The van der Waals surface area contributed by atoms with E-state index in [1.807, 2.05) is 6.07 Å². The summed E-state index contributed by atoms with van der Waals surface area (Å²) in [6.45, 7) is 11.1. The molecule has 0 aliphatic carbocycles. The molecule has 0 atom stereocenters. The van der Waals surface area contributed by atoms with E-state index in [1.54, 1.807) is 0 Å². The van der Waals surface area contributed by atoms with E-state index in [-0.39, 0.29) is 5.41 Å². The Bertz CT molecular complexity index is 498. The smallest absolute Gasteiger partial charge is 0.134 e. The Morgan fingerprint density at radius 2 is 1.69 bits per heavy atom. The molecule has 16 heavy (non-hydrogen) atoms. The van der Waals surface area contributed by atoms with Gasteiger partial charge in [0.2, 0.25) is 0 Å². The highest BCUT2D eigenvalue weighted by Crippen LogP contribution is 2.38. The molecule has 0 aliphatic heterocycles. The summed E-state index contributed by atoms with van der Waals surface area (Å²) in [6, 6.07) is 8.32. The zero-order valence-corrected chi connectivity index (χ0v) is 10.8. The lowest BCUT2D eigenvalue weighted by molar-refractivity contribution is 0.486. The molecule has 0 unspecified atom stereocenters. The fourth-order valence-electron chi connectivity index (χ4n) is 2.24. The quantitative estimate of drug-likeness (QED) is 0.664. The minimum Gasteiger partial charge on any atom is -0.460 e. The second kappa shape index (κ2) is 3.65. The molecule has 0 saturated carbocycles. The van der Waals surface area contributed by atoms with Gasteiger partial charge in [-0.3, -0.25) is 0 Å². The number of rotatable bonds is 1. The molecular weight excluding hydrogens is 196 g/mol. The molecule has 0 N–H and O–H groups in total. The lowest BCUT2D eigenvalue weighted by Crippen LogP contribution is -2.13. The van der Waals surface area contributed by atoms with Crippen LogP contribution >= 0.6 is 0 Å². The van der Waals surface area contributed by atoms with Crippen LogP contribution in [0.3, 0.4) is 0 Å². The van der Waals surface area contributed by atoms with Gasteiger partial charge < -0.3 is 4.42 Å². The van der Waals surface area contributed by atoms with Crippen molar-refractivity contribution in [1.82, 2.24) is 0 Å². The maximum Gasteiger partial charge on any atom is 0.134 e. The summed E-state index contributed by atoms with van der Waals surface area (Å²) in [5.74, 6) is 1.57. The standard InChI is InChI=1S/C15H20O/c1-10(2)14-13(15(3,4)5)11-8-6-7-9-12(11)16-14/h6-10H,1-5H3. The fraction of sp³-hybridized carbons (Fsp3) is 0.467. The molecule has 1 heteroatoms. The van der Waals surface area contributed by atoms with Gasteiger partial charge in [0.25, 0.3) is 0 Å². The van der Waals surface area contributed by atoms with E-state index in [4.69, 9.17) is 4.42 Å². The van der Waals surface area contributed by atoms with Gasteiger partial charge in [0.15, 0.2) is 0 Å². The maximum absolute atomic E-state index is 5.99. The van der Waals surface area contributed by atoms with Crippen molar-refractivity contribution in [2.75, 3.05) is 0 Å². The molecule has 0 bridgehead atoms. The van der Waals surface area contributed by atoms with E-state index in [2.05, 4.69) is 52.8 Å². The first-order valence-corrected chi connectivity index (χ1v) is 5.93. The Morgan fingerprint density at radius 3 is 2.25 bits per heavy atom. The van der Waals surface area contributed by atoms with Crippen LogP contribution in [-0.4, -0.2) is 0 Å². The van der Waals surface area contributed by atoms with Crippen LogP contribution in [0.15, 0.2) is 28.7 Å². The summed E-state index contributed by atoms with van der Waals surface area (Å²) in [7, 11) is 0. The minimum atomic E-state index is 0.131. The maximum atomic E-state index is 5.99. The summed E-state index contributed by atoms with van der Waals surface area (Å²) >= 11 is 0. The van der Waals surface area contributed by atoms with Crippen molar-refractivity contribution in [3.63, 3.8) is 0 Å². The molecule has 1 nitrogen and oxygen atoms in total. The first-order valence-electron chi connectivity index (χ1n) is 5.93. The molecular formula is C15H20O. The van der Waals surface area contributed by atoms with Gasteiger partial charge in [-0.1, -0.05) is 52.8 Å². The summed E-state index contributed by atoms with van der Waals surface area (Å²) in [6.07, 6.45) is 0. The van der Waals surface area contributed by atoms with Crippen LogP contribution < -0.4 is 0 Å². The van der Waals surface area contributed by atoms with E-state index in [0.29, 0.717) is 5.92 Å². The van der Waals surface area contributed by atoms with Crippen molar-refractivity contribution < 1.29 is 4.42 Å². The van der Waals surface area contributed by atoms with Gasteiger partial charge in [-0.2, -0.15) is 0 Å². The van der Waals surface area contributed by atoms with Crippen LogP contribution in [0.4, 0.5) is 0 Å². The Balaban J connectivity index is 2.80. The third kappa shape index (κ3) is 1.75. The van der Waals surface area contributed by atoms with Crippen molar-refractivity contribution in [3.05, 3.63) is 35.6 Å². The Morgan fingerprint density at radius 1 is 1.06 bits per heavy atom. The second-order valence-corrected chi connectivity index (χ2v) is 5.74. The van der Waals surface area contributed by atoms with Crippen LogP contribution in [-0.2, 0) is 5.41 Å². The summed E-state index contributed by atoms with van der Waals surface area (Å²) < 4.78 is 5.99. The van der Waals surface area contributed by atoms with Gasteiger partial charge in [-0.25, -0.2) is 0 Å². The number of fused-ring (bicyclic) bond motifs is 1. The highest BCUT2D eigenvalue weighted by atomic mass is 16.3. The highest BCUT2D eigenvalue weighted by Gasteiger charge is 2.26. The summed E-state index contributed by atoms with van der Waals surface area (Å²) in [5, 5.41) is 1.26. The Hall–Kier alpha value is -1.24. The van der Waals surface area contributed by atoms with Gasteiger partial charge in [-0.05, 0) is 11.5 Å². The SMILES string of the molecule is CC(C)c1oc2ccccc2c1C(C)(C)C. The van der Waals surface area contributed by atoms with Crippen LogP contribution in [0.1, 0.15) is 51.9 Å².